The third-order valence-electron chi connectivity index (χ3n) is 2.12. The molecule has 0 saturated heterocycles. The molecule has 0 aromatic carbocycles. The smallest absolute Gasteiger partial charge is 0.264 e. The van der Waals surface area contributed by atoms with Crippen LogP contribution in [0.25, 0.3) is 0 Å². The molecule has 2 fully saturated rings. The van der Waals surface area contributed by atoms with Gasteiger partial charge in [0.2, 0.25) is 0 Å². The number of nitrogens with two attached hydrogens (primary N) is 1. The van der Waals surface area contributed by atoms with Crippen LogP contribution in [-0.2, 0) is 0 Å². The van der Waals surface area contributed by atoms with Crippen molar-refractivity contribution >= 4 is 12.4 Å². The highest BCUT2D eigenvalue weighted by atomic mass is 35.5. The van der Waals surface area contributed by atoms with Crippen molar-refractivity contribution in [2.24, 2.45) is 5.73 Å². The van der Waals surface area contributed by atoms with Crippen molar-refractivity contribution in [2.75, 3.05) is 6.54 Å². The number of hydrogen-bond donors (Lipinski definition) is 2. The summed E-state index contributed by atoms with van der Waals surface area (Å²) in [6.07, 6.45) is 3.15. The van der Waals surface area contributed by atoms with E-state index in [-0.39, 0.29) is 18.8 Å². The van der Waals surface area contributed by atoms with Crippen LogP contribution >= 0.6 is 12.4 Å². The highest BCUT2D eigenvalue weighted by Crippen LogP contribution is 2.39. The molecule has 88 valence electrons. The molecule has 0 aromatic heterocycles. The van der Waals surface area contributed by atoms with E-state index >= 15 is 0 Å². The molecular weight excluding hydrogens is 224 g/mol. The van der Waals surface area contributed by atoms with Crippen LogP contribution in [0.2, 0.25) is 0 Å². The van der Waals surface area contributed by atoms with Gasteiger partial charge in [-0.1, -0.05) is 0 Å². The number of nitrogens with zero attached hydrogens (tertiary/aromatic N) is 1. The first-order valence-electron chi connectivity index (χ1n) is 4.80. The molecule has 2 aliphatic carbocycles. The lowest BCUT2D eigenvalue weighted by molar-refractivity contribution is 0.113. The summed E-state index contributed by atoms with van der Waals surface area (Å²) in [5.74, 6) is -2.51. The van der Waals surface area contributed by atoms with Crippen LogP contribution in [0, 0.1) is 11.3 Å². The average Bonchev–Trinajstić information content (AvgIpc) is 2.96. The minimum Gasteiger partial charge on any atom is -0.322 e. The summed E-state index contributed by atoms with van der Waals surface area (Å²) in [6, 6.07) is 2.01. The fraction of sp³-hybridized carbons (Fsp3) is 0.889. The molecule has 0 radical (unpaired) electrons. The summed E-state index contributed by atoms with van der Waals surface area (Å²) < 4.78 is 22.8. The van der Waals surface area contributed by atoms with Crippen molar-refractivity contribution < 1.29 is 8.78 Å². The maximum Gasteiger partial charge on any atom is 0.264 e. The summed E-state index contributed by atoms with van der Waals surface area (Å²) in [5.41, 5.74) is 4.75. The normalized spacial score (nSPS) is 25.3. The Bertz CT molecular complexity index is 226. The van der Waals surface area contributed by atoms with E-state index in [1.54, 1.807) is 0 Å². The molecule has 6 heteroatoms. The quantitative estimate of drug-likeness (QED) is 0.733. The predicted molar refractivity (Wildman–Crippen MR) is 56.0 cm³/mol. The van der Waals surface area contributed by atoms with Crippen molar-refractivity contribution in [3.8, 4) is 6.07 Å². The van der Waals surface area contributed by atoms with E-state index in [9.17, 15) is 8.78 Å². The Labute approximate surface area is 94.4 Å². The van der Waals surface area contributed by atoms with Gasteiger partial charge in [0.25, 0.3) is 5.92 Å². The van der Waals surface area contributed by atoms with Gasteiger partial charge in [0.15, 0.2) is 0 Å². The van der Waals surface area contributed by atoms with Gasteiger partial charge in [-0.2, -0.15) is 5.26 Å². The molecule has 3 N–H and O–H groups in total. The zero-order valence-corrected chi connectivity index (χ0v) is 9.20. The molecule has 1 atom stereocenters. The van der Waals surface area contributed by atoms with Crippen LogP contribution < -0.4 is 11.1 Å². The fourth-order valence-corrected chi connectivity index (χ4v) is 0.854. The average molecular weight is 240 g/mol. The Balaban J connectivity index is 0.000000253. The highest BCUT2D eigenvalue weighted by Gasteiger charge is 2.54. The van der Waals surface area contributed by atoms with Crippen LogP contribution in [0.4, 0.5) is 8.78 Å². The van der Waals surface area contributed by atoms with Crippen molar-refractivity contribution in [3.63, 3.8) is 0 Å². The van der Waals surface area contributed by atoms with Gasteiger partial charge in [-0.05, 0) is 12.8 Å². The van der Waals surface area contributed by atoms with Crippen LogP contribution in [0.5, 0.6) is 0 Å². The zero-order chi connectivity index (χ0) is 10.6. The van der Waals surface area contributed by atoms with Crippen molar-refractivity contribution in [1.82, 2.24) is 5.32 Å². The number of nitriles is 1. The van der Waals surface area contributed by atoms with Gasteiger partial charge >= 0.3 is 0 Å². The van der Waals surface area contributed by atoms with E-state index in [0.29, 0.717) is 6.42 Å². The summed E-state index contributed by atoms with van der Waals surface area (Å²) in [6.45, 7) is 0.876. The number of halogens is 3. The topological polar surface area (TPSA) is 61.8 Å². The lowest BCUT2D eigenvalue weighted by Gasteiger charge is -1.93. The predicted octanol–water partition coefficient (Wildman–Crippen LogP) is 1.43. The molecule has 2 aliphatic rings. The maximum absolute atomic E-state index is 11.4. The van der Waals surface area contributed by atoms with Crippen molar-refractivity contribution in [2.45, 2.75) is 43.7 Å². The molecular formula is C9H16ClF2N3. The molecule has 2 saturated carbocycles. The molecule has 1 unspecified atom stereocenters. The van der Waals surface area contributed by atoms with Crippen LogP contribution in [0.15, 0.2) is 0 Å². The zero-order valence-electron chi connectivity index (χ0n) is 8.38. The molecule has 3 nitrogen and oxygen atoms in total. The third-order valence-corrected chi connectivity index (χ3v) is 2.12. The lowest BCUT2D eigenvalue weighted by Crippen LogP contribution is -2.16. The molecule has 0 aliphatic heterocycles. The molecule has 0 spiro atoms. The maximum atomic E-state index is 11.4. The minimum atomic E-state index is -2.51. The molecule has 2 rings (SSSR count). The Morgan fingerprint density at radius 1 is 1.47 bits per heavy atom. The number of rotatable bonds is 3. The van der Waals surface area contributed by atoms with E-state index in [0.717, 1.165) is 12.6 Å². The monoisotopic (exact) mass is 239 g/mol. The summed E-state index contributed by atoms with van der Waals surface area (Å²) in [4.78, 5) is 0. The van der Waals surface area contributed by atoms with Crippen LogP contribution in [0.1, 0.15) is 25.7 Å². The minimum absolute atomic E-state index is 0. The van der Waals surface area contributed by atoms with Gasteiger partial charge in [-0.15, -0.1) is 12.4 Å². The molecule has 0 amide bonds. The summed E-state index contributed by atoms with van der Waals surface area (Å²) in [7, 11) is 0. The summed E-state index contributed by atoms with van der Waals surface area (Å²) in [5, 5.41) is 11.3. The Hall–Kier alpha value is -0.440. The Morgan fingerprint density at radius 2 is 1.93 bits per heavy atom. The van der Waals surface area contributed by atoms with E-state index in [1.165, 1.54) is 12.8 Å². The van der Waals surface area contributed by atoms with E-state index < -0.39 is 12.0 Å². The highest BCUT2D eigenvalue weighted by molar-refractivity contribution is 5.85. The van der Waals surface area contributed by atoms with E-state index in [4.69, 9.17) is 11.0 Å². The number of alkyl halides is 2. The molecule has 0 bridgehead atoms. The van der Waals surface area contributed by atoms with E-state index in [1.807, 2.05) is 0 Å². The van der Waals surface area contributed by atoms with Gasteiger partial charge < -0.3 is 11.1 Å². The van der Waals surface area contributed by atoms with Gasteiger partial charge in [-0.3, -0.25) is 0 Å². The molecule has 0 aromatic rings. The molecule has 15 heavy (non-hydrogen) atoms. The van der Waals surface area contributed by atoms with Crippen LogP contribution in [0.3, 0.4) is 0 Å². The second-order valence-electron chi connectivity index (χ2n) is 3.71. The third kappa shape index (κ3) is 6.61. The van der Waals surface area contributed by atoms with Crippen LogP contribution in [-0.4, -0.2) is 24.6 Å². The van der Waals surface area contributed by atoms with Gasteiger partial charge in [0.05, 0.1) is 12.1 Å². The Morgan fingerprint density at radius 3 is 2.20 bits per heavy atom. The lowest BCUT2D eigenvalue weighted by atomic mass is 10.4. The number of hydrogen-bond acceptors (Lipinski definition) is 3. The number of nitrogens with one attached hydrogen (secondary N) is 1. The molecule has 0 heterocycles. The summed E-state index contributed by atoms with van der Waals surface area (Å²) >= 11 is 0. The first-order chi connectivity index (χ1) is 6.56. The largest absolute Gasteiger partial charge is 0.322 e. The Kier molecular flexibility index (Phi) is 6.03. The standard InChI is InChI=1S/C6H10N2.C3H5F2N.ClH/c7-4-1-5-8-6-2-3-6;4-3(5)1-2(3)6;/h6,8H,1-3,5H2;2H,1,6H2;1H. The second kappa shape index (κ2) is 6.21. The fourth-order valence-electron chi connectivity index (χ4n) is 0.854. The van der Waals surface area contributed by atoms with Gasteiger partial charge in [-0.25, -0.2) is 8.78 Å². The van der Waals surface area contributed by atoms with Gasteiger partial charge in [0, 0.05) is 25.4 Å². The first kappa shape index (κ1) is 14.6. The van der Waals surface area contributed by atoms with E-state index in [2.05, 4.69) is 11.4 Å². The van der Waals surface area contributed by atoms with Gasteiger partial charge in [0.1, 0.15) is 0 Å². The second-order valence-corrected chi connectivity index (χ2v) is 3.71. The van der Waals surface area contributed by atoms with Crippen molar-refractivity contribution in [1.29, 1.82) is 5.26 Å². The SMILES string of the molecule is Cl.N#CCCNC1CC1.NC1CC1(F)F. The first-order valence-corrected chi connectivity index (χ1v) is 4.80. The van der Waals surface area contributed by atoms with Crippen molar-refractivity contribution in [3.05, 3.63) is 0 Å².